The molecule has 0 aliphatic rings. The van der Waals surface area contributed by atoms with Crippen LogP contribution in [0.4, 0.5) is 0 Å². The smallest absolute Gasteiger partial charge is 0.307 e. The van der Waals surface area contributed by atoms with E-state index in [9.17, 15) is 0 Å². The summed E-state index contributed by atoms with van der Waals surface area (Å²) in [5.41, 5.74) is 29.7. The molecule has 0 saturated heterocycles. The third-order valence-electron chi connectivity index (χ3n) is 22.7. The first-order valence-electron chi connectivity index (χ1n) is 36.3. The fourth-order valence-corrected chi connectivity index (χ4v) is 19.5. The zero-order chi connectivity index (χ0) is 69.9. The molecule has 0 saturated carbocycles. The number of nitrogens with zero attached hydrogens (tertiary/aromatic N) is 14. The fourth-order valence-electron chi connectivity index (χ4n) is 18.4. The number of thiazole rings is 1. The summed E-state index contributed by atoms with van der Waals surface area (Å²) in [6, 6.07) is 113. The van der Waals surface area contributed by atoms with Gasteiger partial charge in [-0.3, -0.25) is 45.0 Å². The highest BCUT2D eigenvalue weighted by atomic mass is 32.1. The van der Waals surface area contributed by atoms with Gasteiger partial charge in [-0.15, -0.1) is 0 Å². The van der Waals surface area contributed by atoms with Gasteiger partial charge in [-0.2, -0.15) is 4.98 Å². The molecule has 26 rings (SSSR count). The molecule has 0 amide bonds. The average molecular weight is 1400 g/mol. The molecule has 14 aromatic carbocycles. The Morgan fingerprint density at radius 1 is 0.278 bits per heavy atom. The molecule has 0 radical (unpaired) electrons. The molecule has 0 N–H and O–H groups in total. The van der Waals surface area contributed by atoms with Crippen LogP contribution in [-0.4, -0.2) is 64.9 Å². The van der Waals surface area contributed by atoms with Crippen molar-refractivity contribution in [3.05, 3.63) is 315 Å². The SMILES string of the molecule is c1cc(-n2c3ccccc3c3c4ccccc4n(-c4cccc5c4nc4sc6cc(-c7cccc8nc9n(-c%10cccc(-n%11c%12ccccc%12c%12c%13ccccc%13n(-c%13cccc%14c%13nc%13oc%15ccccc%15n%13%14)c%12%11)c%10)c%10ccccc%10n9c78)ccc6n45)c32)cc(-n2c3ccccc3n3c4ccccc4nc23)c1. The first-order chi connectivity index (χ1) is 53.6. The van der Waals surface area contributed by atoms with E-state index in [4.69, 9.17) is 24.4 Å². The second-order valence-corrected chi connectivity index (χ2v) is 29.3. The third kappa shape index (κ3) is 7.25. The Hall–Kier alpha value is -14.7. The van der Waals surface area contributed by atoms with Crippen LogP contribution in [-0.2, 0) is 0 Å². The van der Waals surface area contributed by atoms with E-state index in [1.54, 1.807) is 11.3 Å². The molecule has 12 aromatic heterocycles. The van der Waals surface area contributed by atoms with Gasteiger partial charge in [-0.25, -0.2) is 15.0 Å². The first-order valence-corrected chi connectivity index (χ1v) is 37.1. The van der Waals surface area contributed by atoms with Crippen molar-refractivity contribution in [3.8, 4) is 45.3 Å². The van der Waals surface area contributed by atoms with Crippen LogP contribution in [0.3, 0.4) is 0 Å². The van der Waals surface area contributed by atoms with Gasteiger partial charge < -0.3 is 4.42 Å². The maximum Gasteiger partial charge on any atom is 0.307 e. The van der Waals surface area contributed by atoms with Gasteiger partial charge in [0.25, 0.3) is 0 Å². The summed E-state index contributed by atoms with van der Waals surface area (Å²) in [6.45, 7) is 0. The maximum atomic E-state index is 6.41. The van der Waals surface area contributed by atoms with E-state index in [1.807, 2.05) is 18.2 Å². The Morgan fingerprint density at radius 2 is 0.722 bits per heavy atom. The molecule has 0 fully saturated rings. The number of para-hydroxylation sites is 15. The van der Waals surface area contributed by atoms with Crippen LogP contribution in [0.2, 0.25) is 0 Å². The highest BCUT2D eigenvalue weighted by Gasteiger charge is 2.30. The van der Waals surface area contributed by atoms with E-state index >= 15 is 0 Å². The van der Waals surface area contributed by atoms with Crippen LogP contribution in [0, 0.1) is 0 Å². The van der Waals surface area contributed by atoms with Crippen LogP contribution in [0.5, 0.6) is 0 Å². The molecular weight excluding hydrogens is 1350 g/mol. The van der Waals surface area contributed by atoms with Gasteiger partial charge >= 0.3 is 5.84 Å². The van der Waals surface area contributed by atoms with Gasteiger partial charge in [0, 0.05) is 49.3 Å². The topological polar surface area (TPSA) is 112 Å². The van der Waals surface area contributed by atoms with Crippen molar-refractivity contribution in [2.24, 2.45) is 0 Å². The van der Waals surface area contributed by atoms with Crippen molar-refractivity contribution in [3.63, 3.8) is 0 Å². The van der Waals surface area contributed by atoms with Gasteiger partial charge in [-0.05, 0) is 157 Å². The molecule has 26 aromatic rings. The molecule has 12 heterocycles. The Bertz CT molecular complexity index is 8490. The lowest BCUT2D eigenvalue weighted by Crippen LogP contribution is -2.03. The average Bonchev–Trinajstić information content (AvgIpc) is 1.54. The largest absolute Gasteiger partial charge is 0.423 e. The summed E-state index contributed by atoms with van der Waals surface area (Å²) in [5, 5.41) is 7.05. The maximum absolute atomic E-state index is 6.41. The summed E-state index contributed by atoms with van der Waals surface area (Å²) in [6.07, 6.45) is 0. The van der Waals surface area contributed by atoms with Gasteiger partial charge in [-0.1, -0.05) is 175 Å². The number of fused-ring (bicyclic) bond motifs is 30. The quantitative estimate of drug-likeness (QED) is 0.158. The third-order valence-corrected chi connectivity index (χ3v) is 23.7. The van der Waals surface area contributed by atoms with Crippen LogP contribution in [0.25, 0.3) is 221 Å². The summed E-state index contributed by atoms with van der Waals surface area (Å²) in [5.74, 6) is 2.26. The normalized spacial score (nSPS) is 12.6. The number of imidazole rings is 6. The number of oxazole rings is 1. The monoisotopic (exact) mass is 1400 g/mol. The van der Waals surface area contributed by atoms with Crippen molar-refractivity contribution in [2.45, 2.75) is 0 Å². The molecule has 16 heteroatoms. The second-order valence-electron chi connectivity index (χ2n) is 28.3. The number of hydrogen-bond acceptors (Lipinski definition) is 6. The summed E-state index contributed by atoms with van der Waals surface area (Å²) >= 11 is 1.72. The van der Waals surface area contributed by atoms with Gasteiger partial charge in [0.05, 0.1) is 116 Å². The zero-order valence-electron chi connectivity index (χ0n) is 57.1. The summed E-state index contributed by atoms with van der Waals surface area (Å²) in [7, 11) is 0. The van der Waals surface area contributed by atoms with Crippen LogP contribution < -0.4 is 0 Å². The Labute approximate surface area is 613 Å². The van der Waals surface area contributed by atoms with Crippen molar-refractivity contribution in [1.82, 2.24) is 64.9 Å². The Kier molecular flexibility index (Phi) is 10.8. The van der Waals surface area contributed by atoms with E-state index < -0.39 is 0 Å². The highest BCUT2D eigenvalue weighted by Crippen LogP contribution is 2.47. The standard InChI is InChI=1S/C92H52N14OS/c1-6-33-65-59(26-1)82-61-28-3-8-35-67(61)101(76-43-20-45-78-84(76)95-91-104(78)74-42-15-16-47-80(74)107-91)87(82)97(65)55-23-18-25-57(52-55)100-71-39-12-14-41-73(71)106-86-58(30-19-32-64(86)94-90(100)106)53-48-49-75-81(50-53)108-92-96-85-77(44-21-46-79(85)105(75)92)102-68-36-9-4-29-62(68)83-60-27-2-7-34-66(60)98(88(83)102)54-22-17-24-56(51-54)99-70-38-11-13-40-72(70)103-69-37-10-5-31-63(69)93-89(99)103/h1-52H. The molecule has 0 unspecified atom stereocenters. The van der Waals surface area contributed by atoms with Crippen molar-refractivity contribution < 1.29 is 4.42 Å². The summed E-state index contributed by atoms with van der Waals surface area (Å²) < 4.78 is 31.0. The van der Waals surface area contributed by atoms with Crippen LogP contribution in [0.15, 0.2) is 320 Å². The van der Waals surface area contributed by atoms with Crippen molar-refractivity contribution in [1.29, 1.82) is 0 Å². The second kappa shape index (κ2) is 20.6. The lowest BCUT2D eigenvalue weighted by molar-refractivity contribution is 0.643. The highest BCUT2D eigenvalue weighted by molar-refractivity contribution is 7.23. The zero-order valence-corrected chi connectivity index (χ0v) is 57.9. The molecular formula is C92H52N14OS. The minimum absolute atomic E-state index is 0.562. The predicted molar refractivity (Wildman–Crippen MR) is 438 cm³/mol. The van der Waals surface area contributed by atoms with Crippen molar-refractivity contribution in [2.75, 3.05) is 0 Å². The van der Waals surface area contributed by atoms with Crippen LogP contribution in [0.1, 0.15) is 0 Å². The van der Waals surface area contributed by atoms with Crippen LogP contribution >= 0.6 is 11.3 Å². The van der Waals surface area contributed by atoms with Gasteiger partial charge in [0.2, 0.25) is 11.6 Å². The minimum atomic E-state index is 0.562. The molecule has 108 heavy (non-hydrogen) atoms. The lowest BCUT2D eigenvalue weighted by Gasteiger charge is -2.15. The minimum Gasteiger partial charge on any atom is -0.423 e. The molecule has 0 atom stereocenters. The fraction of sp³-hybridized carbons (Fsp3) is 0. The Balaban J connectivity index is 0.619. The van der Waals surface area contributed by atoms with E-state index in [-0.39, 0.29) is 0 Å². The number of aromatic nitrogens is 14. The Morgan fingerprint density at radius 3 is 1.33 bits per heavy atom. The van der Waals surface area contributed by atoms with E-state index in [2.05, 4.69) is 342 Å². The van der Waals surface area contributed by atoms with E-state index in [0.717, 1.165) is 188 Å². The van der Waals surface area contributed by atoms with Crippen molar-refractivity contribution >= 4 is 187 Å². The molecule has 0 spiro atoms. The molecule has 15 nitrogen and oxygen atoms in total. The van der Waals surface area contributed by atoms with Gasteiger partial charge in [0.1, 0.15) is 22.3 Å². The number of rotatable bonds is 7. The van der Waals surface area contributed by atoms with E-state index in [1.165, 1.54) is 26.9 Å². The molecule has 0 aliphatic carbocycles. The first kappa shape index (κ1) is 56.8. The number of benzene rings is 14. The molecule has 502 valence electrons. The van der Waals surface area contributed by atoms with Gasteiger partial charge in [0.15, 0.2) is 10.5 Å². The predicted octanol–water partition coefficient (Wildman–Crippen LogP) is 22.5. The van der Waals surface area contributed by atoms with E-state index in [0.29, 0.717) is 5.84 Å². The number of hydrogen-bond donors (Lipinski definition) is 0. The summed E-state index contributed by atoms with van der Waals surface area (Å²) in [4.78, 5) is 22.7. The molecule has 0 bridgehead atoms. The molecule has 0 aliphatic heterocycles. The lowest BCUT2D eigenvalue weighted by atomic mass is 10.0.